The Morgan fingerprint density at radius 1 is 1.30 bits per heavy atom. The molecule has 1 heterocycles. The molecular formula is C16H22FN3. The number of halogens is 1. The maximum atomic E-state index is 13.3. The summed E-state index contributed by atoms with van der Waals surface area (Å²) in [6, 6.07) is 7.16. The second-order valence-corrected chi connectivity index (χ2v) is 5.21. The Morgan fingerprint density at radius 2 is 2.10 bits per heavy atom. The van der Waals surface area contributed by atoms with Crippen molar-refractivity contribution in [3.05, 3.63) is 53.6 Å². The second-order valence-electron chi connectivity index (χ2n) is 5.21. The molecule has 1 N–H and O–H groups in total. The molecule has 1 atom stereocenters. The smallest absolute Gasteiger partial charge is 0.123 e. The van der Waals surface area contributed by atoms with Crippen LogP contribution in [0.4, 0.5) is 4.39 Å². The molecule has 2 rings (SSSR count). The van der Waals surface area contributed by atoms with Gasteiger partial charge >= 0.3 is 0 Å². The zero-order valence-electron chi connectivity index (χ0n) is 12.1. The number of nitrogens with one attached hydrogen (secondary N) is 1. The summed E-state index contributed by atoms with van der Waals surface area (Å²) in [5, 5.41) is 7.74. The lowest BCUT2D eigenvalue weighted by atomic mass is 10.0. The highest BCUT2D eigenvalue weighted by atomic mass is 19.1. The van der Waals surface area contributed by atoms with Crippen LogP contribution in [0.5, 0.6) is 0 Å². The topological polar surface area (TPSA) is 29.9 Å². The molecule has 0 bridgehead atoms. The molecule has 108 valence electrons. The van der Waals surface area contributed by atoms with E-state index in [1.54, 1.807) is 12.1 Å². The highest BCUT2D eigenvalue weighted by Gasteiger charge is 2.11. The lowest BCUT2D eigenvalue weighted by molar-refractivity contribution is 0.503. The van der Waals surface area contributed by atoms with Gasteiger partial charge in [0.25, 0.3) is 0 Å². The van der Waals surface area contributed by atoms with Crippen molar-refractivity contribution in [3.8, 4) is 0 Å². The minimum atomic E-state index is -0.168. The molecule has 0 aliphatic rings. The number of aromatic nitrogens is 2. The van der Waals surface area contributed by atoms with Crippen LogP contribution in [0.25, 0.3) is 0 Å². The van der Waals surface area contributed by atoms with E-state index in [1.807, 2.05) is 30.2 Å². The molecule has 0 saturated heterocycles. The van der Waals surface area contributed by atoms with Crippen LogP contribution in [0.3, 0.4) is 0 Å². The highest BCUT2D eigenvalue weighted by Crippen LogP contribution is 2.10. The van der Waals surface area contributed by atoms with Gasteiger partial charge in [0.15, 0.2) is 0 Å². The predicted octanol–water partition coefficient (Wildman–Crippen LogP) is 2.71. The Morgan fingerprint density at radius 3 is 2.75 bits per heavy atom. The zero-order valence-corrected chi connectivity index (χ0v) is 12.1. The van der Waals surface area contributed by atoms with Crippen molar-refractivity contribution in [2.75, 3.05) is 6.54 Å². The molecule has 4 heteroatoms. The Labute approximate surface area is 119 Å². The summed E-state index contributed by atoms with van der Waals surface area (Å²) in [5.74, 6) is -0.168. The molecular weight excluding hydrogens is 253 g/mol. The maximum absolute atomic E-state index is 13.3. The van der Waals surface area contributed by atoms with Gasteiger partial charge in [0.1, 0.15) is 5.82 Å². The second kappa shape index (κ2) is 7.20. The fourth-order valence-corrected chi connectivity index (χ4v) is 2.38. The molecule has 0 amide bonds. The lowest BCUT2D eigenvalue weighted by Gasteiger charge is -2.18. The van der Waals surface area contributed by atoms with E-state index in [0.717, 1.165) is 31.4 Å². The number of rotatable bonds is 7. The van der Waals surface area contributed by atoms with Gasteiger partial charge in [-0.15, -0.1) is 0 Å². The molecule has 0 spiro atoms. The number of benzene rings is 1. The first-order chi connectivity index (χ1) is 9.67. The lowest BCUT2D eigenvalue weighted by Crippen LogP contribution is -2.33. The number of hydrogen-bond donors (Lipinski definition) is 1. The summed E-state index contributed by atoms with van der Waals surface area (Å²) in [5.41, 5.74) is 2.24. The van der Waals surface area contributed by atoms with Gasteiger partial charge in [-0.3, -0.25) is 4.68 Å². The van der Waals surface area contributed by atoms with Crippen LogP contribution in [0.15, 0.2) is 36.7 Å². The van der Waals surface area contributed by atoms with Crippen LogP contribution < -0.4 is 5.32 Å². The molecule has 2 aromatic rings. The Hall–Kier alpha value is -1.68. The van der Waals surface area contributed by atoms with Crippen LogP contribution >= 0.6 is 0 Å². The van der Waals surface area contributed by atoms with Gasteiger partial charge in [-0.25, -0.2) is 4.39 Å². The summed E-state index contributed by atoms with van der Waals surface area (Å²) in [7, 11) is 1.92. The fraction of sp³-hybridized carbons (Fsp3) is 0.438. The van der Waals surface area contributed by atoms with Crippen LogP contribution in [-0.2, 0) is 19.9 Å². The third-order valence-electron chi connectivity index (χ3n) is 3.29. The van der Waals surface area contributed by atoms with E-state index in [-0.39, 0.29) is 5.82 Å². The average Bonchev–Trinajstić information content (AvgIpc) is 2.81. The zero-order chi connectivity index (χ0) is 14.4. The Bertz CT molecular complexity index is 536. The number of hydrogen-bond acceptors (Lipinski definition) is 2. The van der Waals surface area contributed by atoms with Crippen LogP contribution in [0, 0.1) is 5.82 Å². The summed E-state index contributed by atoms with van der Waals surface area (Å²) in [6.07, 6.45) is 6.75. The largest absolute Gasteiger partial charge is 0.313 e. The van der Waals surface area contributed by atoms with Gasteiger partial charge < -0.3 is 5.32 Å². The standard InChI is InChI=1S/C16H22FN3/c1-3-7-18-16(10-14-11-19-20(2)12-14)9-13-5-4-6-15(17)8-13/h4-6,8,11-12,16,18H,3,7,9-10H2,1-2H3. The van der Waals surface area contributed by atoms with E-state index in [0.29, 0.717) is 6.04 Å². The average molecular weight is 275 g/mol. The van der Waals surface area contributed by atoms with Gasteiger partial charge in [0, 0.05) is 19.3 Å². The maximum Gasteiger partial charge on any atom is 0.123 e. The van der Waals surface area contributed by atoms with E-state index in [1.165, 1.54) is 11.6 Å². The van der Waals surface area contributed by atoms with Crippen molar-refractivity contribution in [3.63, 3.8) is 0 Å². The first kappa shape index (κ1) is 14.7. The summed E-state index contributed by atoms with van der Waals surface area (Å²) < 4.78 is 15.1. The van der Waals surface area contributed by atoms with Crippen molar-refractivity contribution in [1.82, 2.24) is 15.1 Å². The van der Waals surface area contributed by atoms with Gasteiger partial charge in [0.2, 0.25) is 0 Å². The first-order valence-electron chi connectivity index (χ1n) is 7.12. The SMILES string of the molecule is CCCNC(Cc1cccc(F)c1)Cc1cnn(C)c1. The van der Waals surface area contributed by atoms with E-state index in [4.69, 9.17) is 0 Å². The van der Waals surface area contributed by atoms with Crippen LogP contribution in [0.1, 0.15) is 24.5 Å². The van der Waals surface area contributed by atoms with Crippen molar-refractivity contribution < 1.29 is 4.39 Å². The Balaban J connectivity index is 2.02. The third kappa shape index (κ3) is 4.46. The van der Waals surface area contributed by atoms with E-state index in [9.17, 15) is 4.39 Å². The summed E-state index contributed by atoms with van der Waals surface area (Å²) >= 11 is 0. The molecule has 1 aromatic heterocycles. The van der Waals surface area contributed by atoms with E-state index < -0.39 is 0 Å². The van der Waals surface area contributed by atoms with Crippen molar-refractivity contribution in [1.29, 1.82) is 0 Å². The summed E-state index contributed by atoms with van der Waals surface area (Å²) in [4.78, 5) is 0. The fourth-order valence-electron chi connectivity index (χ4n) is 2.38. The van der Waals surface area contributed by atoms with Gasteiger partial charge in [-0.2, -0.15) is 5.10 Å². The molecule has 0 fully saturated rings. The minimum Gasteiger partial charge on any atom is -0.313 e. The third-order valence-corrected chi connectivity index (χ3v) is 3.29. The van der Waals surface area contributed by atoms with Crippen molar-refractivity contribution >= 4 is 0 Å². The van der Waals surface area contributed by atoms with Crippen molar-refractivity contribution in [2.45, 2.75) is 32.2 Å². The van der Waals surface area contributed by atoms with E-state index >= 15 is 0 Å². The molecule has 1 unspecified atom stereocenters. The van der Waals surface area contributed by atoms with Gasteiger partial charge in [0.05, 0.1) is 6.20 Å². The van der Waals surface area contributed by atoms with E-state index in [2.05, 4.69) is 17.3 Å². The molecule has 0 saturated carbocycles. The molecule has 0 aliphatic carbocycles. The monoisotopic (exact) mass is 275 g/mol. The molecule has 0 aliphatic heterocycles. The van der Waals surface area contributed by atoms with Crippen LogP contribution in [-0.4, -0.2) is 22.4 Å². The molecule has 3 nitrogen and oxygen atoms in total. The van der Waals surface area contributed by atoms with Gasteiger partial charge in [-0.05, 0) is 49.1 Å². The number of nitrogens with zero attached hydrogens (tertiary/aromatic N) is 2. The predicted molar refractivity (Wildman–Crippen MR) is 79.1 cm³/mol. The van der Waals surface area contributed by atoms with Crippen LogP contribution in [0.2, 0.25) is 0 Å². The highest BCUT2D eigenvalue weighted by molar-refractivity contribution is 5.18. The molecule has 1 aromatic carbocycles. The number of aryl methyl sites for hydroxylation is 1. The minimum absolute atomic E-state index is 0.168. The first-order valence-corrected chi connectivity index (χ1v) is 7.12. The molecule has 20 heavy (non-hydrogen) atoms. The summed E-state index contributed by atoms with van der Waals surface area (Å²) in [6.45, 7) is 3.12. The normalized spacial score (nSPS) is 12.6. The Kier molecular flexibility index (Phi) is 5.30. The van der Waals surface area contributed by atoms with Gasteiger partial charge in [-0.1, -0.05) is 19.1 Å². The quantitative estimate of drug-likeness (QED) is 0.842. The van der Waals surface area contributed by atoms with Crippen molar-refractivity contribution in [2.24, 2.45) is 7.05 Å². The molecule has 0 radical (unpaired) electrons.